The van der Waals surface area contributed by atoms with Crippen LogP contribution in [0.5, 0.6) is 0 Å². The minimum absolute atomic E-state index is 0.0865. The van der Waals surface area contributed by atoms with Gasteiger partial charge in [-0.1, -0.05) is 271 Å². The molecule has 0 fully saturated rings. The molecule has 0 bridgehead atoms. The van der Waals surface area contributed by atoms with Gasteiger partial charge in [0.1, 0.15) is 13.2 Å². The highest BCUT2D eigenvalue weighted by Gasteiger charge is 2.19. The van der Waals surface area contributed by atoms with Gasteiger partial charge in [0.05, 0.1) is 0 Å². The molecule has 0 saturated heterocycles. The number of rotatable bonds is 59. The van der Waals surface area contributed by atoms with E-state index in [4.69, 9.17) is 14.2 Å². The fraction of sp³-hybridized carbons (Fsp3) is 0.708. The maximum Gasteiger partial charge on any atom is 0.306 e. The monoisotopic (exact) mass is 1080 g/mol. The summed E-state index contributed by atoms with van der Waals surface area (Å²) < 4.78 is 16.9. The molecule has 0 aromatic heterocycles. The Morgan fingerprint density at radius 2 is 0.500 bits per heavy atom. The van der Waals surface area contributed by atoms with Crippen molar-refractivity contribution in [3.05, 3.63) is 109 Å². The Hall–Kier alpha value is -3.93. The number of carbonyl (C=O) groups excluding carboxylic acids is 3. The van der Waals surface area contributed by atoms with Gasteiger partial charge in [0, 0.05) is 19.3 Å². The second kappa shape index (κ2) is 65.6. The Kier molecular flexibility index (Phi) is 62.3. The van der Waals surface area contributed by atoms with E-state index < -0.39 is 6.10 Å². The van der Waals surface area contributed by atoms with Crippen LogP contribution in [-0.4, -0.2) is 37.2 Å². The number of ether oxygens (including phenoxy) is 3. The van der Waals surface area contributed by atoms with Crippen LogP contribution in [0.15, 0.2) is 109 Å². The fourth-order valence-corrected chi connectivity index (χ4v) is 9.06. The molecule has 6 heteroatoms. The molecule has 446 valence electrons. The zero-order valence-electron chi connectivity index (χ0n) is 51.2. The maximum atomic E-state index is 12.9. The summed E-state index contributed by atoms with van der Waals surface area (Å²) in [5, 5.41) is 0. The molecule has 0 amide bonds. The van der Waals surface area contributed by atoms with Crippen molar-refractivity contribution in [3.8, 4) is 0 Å². The zero-order chi connectivity index (χ0) is 56.4. The Labute approximate surface area is 482 Å². The zero-order valence-corrected chi connectivity index (χ0v) is 51.2. The lowest BCUT2D eigenvalue weighted by atomic mass is 10.0. The van der Waals surface area contributed by atoms with Gasteiger partial charge < -0.3 is 14.2 Å². The standard InChI is InChI=1S/C72H122O6/c1-4-7-10-13-16-19-22-25-27-29-30-31-32-33-34-35-36-37-38-39-40-41-42-43-45-47-50-53-56-59-62-65-71(74)77-68-69(67-76-70(73)64-61-58-55-52-49-46-24-21-18-15-12-9-6-3)78-72(75)66-63-60-57-54-51-48-44-28-26-23-20-17-14-11-8-5-2/h7,10,16,19-21,23-25,27-28,30-31,33-34,36-37,44,69H,4-6,8-9,11-15,17-18,22,26,29,32,35,38-43,45-68H2,1-3H3/b10-7-,19-16-,23-20-,24-21-,27-25-,31-30-,34-33-,37-36-,44-28-. The summed E-state index contributed by atoms with van der Waals surface area (Å²) >= 11 is 0. The van der Waals surface area contributed by atoms with E-state index in [2.05, 4.69) is 130 Å². The third kappa shape index (κ3) is 62.9. The normalized spacial score (nSPS) is 12.8. The molecule has 0 rings (SSSR count). The van der Waals surface area contributed by atoms with Gasteiger partial charge in [0.25, 0.3) is 0 Å². The van der Waals surface area contributed by atoms with E-state index in [1.807, 2.05) is 0 Å². The van der Waals surface area contributed by atoms with Gasteiger partial charge >= 0.3 is 17.9 Å². The van der Waals surface area contributed by atoms with Gasteiger partial charge in [-0.15, -0.1) is 0 Å². The molecular weight excluding hydrogens is 961 g/mol. The van der Waals surface area contributed by atoms with Gasteiger partial charge in [-0.2, -0.15) is 0 Å². The summed E-state index contributed by atoms with van der Waals surface area (Å²) in [6.45, 7) is 6.49. The van der Waals surface area contributed by atoms with E-state index in [9.17, 15) is 14.4 Å². The van der Waals surface area contributed by atoms with Gasteiger partial charge in [-0.05, 0) is 128 Å². The van der Waals surface area contributed by atoms with Crippen molar-refractivity contribution in [2.24, 2.45) is 0 Å². The number of unbranched alkanes of at least 4 members (excludes halogenated alkanes) is 30. The Morgan fingerprint density at radius 1 is 0.269 bits per heavy atom. The largest absolute Gasteiger partial charge is 0.462 e. The van der Waals surface area contributed by atoms with Crippen LogP contribution in [0.1, 0.15) is 310 Å². The van der Waals surface area contributed by atoms with Gasteiger partial charge in [0.15, 0.2) is 6.10 Å². The van der Waals surface area contributed by atoms with Crippen LogP contribution < -0.4 is 0 Å². The van der Waals surface area contributed by atoms with Crippen LogP contribution in [0, 0.1) is 0 Å². The number of carbonyl (C=O) groups is 3. The smallest absolute Gasteiger partial charge is 0.306 e. The molecule has 0 heterocycles. The maximum absolute atomic E-state index is 12.9. The minimum atomic E-state index is -0.791. The molecule has 0 aliphatic heterocycles. The molecule has 6 nitrogen and oxygen atoms in total. The van der Waals surface area contributed by atoms with Crippen LogP contribution in [0.4, 0.5) is 0 Å². The van der Waals surface area contributed by atoms with Crippen molar-refractivity contribution < 1.29 is 28.6 Å². The third-order valence-corrected chi connectivity index (χ3v) is 14.0. The average molecular weight is 1080 g/mol. The van der Waals surface area contributed by atoms with Crippen LogP contribution in [0.2, 0.25) is 0 Å². The quantitative estimate of drug-likeness (QED) is 0.0261. The van der Waals surface area contributed by atoms with Gasteiger partial charge in [0.2, 0.25) is 0 Å². The molecule has 0 aliphatic carbocycles. The highest BCUT2D eigenvalue weighted by atomic mass is 16.6. The second-order valence-electron chi connectivity index (χ2n) is 21.6. The minimum Gasteiger partial charge on any atom is -0.462 e. The summed E-state index contributed by atoms with van der Waals surface area (Å²) in [5.41, 5.74) is 0. The summed E-state index contributed by atoms with van der Waals surface area (Å²) in [7, 11) is 0. The number of hydrogen-bond donors (Lipinski definition) is 0. The highest BCUT2D eigenvalue weighted by Crippen LogP contribution is 2.16. The van der Waals surface area contributed by atoms with Crippen molar-refractivity contribution in [2.45, 2.75) is 316 Å². The molecule has 0 aromatic carbocycles. The first-order chi connectivity index (χ1) is 38.5. The van der Waals surface area contributed by atoms with E-state index in [1.165, 1.54) is 141 Å². The Balaban J connectivity index is 4.26. The molecule has 78 heavy (non-hydrogen) atoms. The molecule has 0 N–H and O–H groups in total. The molecule has 0 aromatic rings. The number of esters is 3. The molecule has 1 unspecified atom stereocenters. The first-order valence-corrected chi connectivity index (χ1v) is 32.9. The molecular formula is C72H122O6. The van der Waals surface area contributed by atoms with E-state index in [0.717, 1.165) is 128 Å². The van der Waals surface area contributed by atoms with E-state index >= 15 is 0 Å². The van der Waals surface area contributed by atoms with E-state index in [1.54, 1.807) is 0 Å². The van der Waals surface area contributed by atoms with Crippen LogP contribution in [0.25, 0.3) is 0 Å². The fourth-order valence-electron chi connectivity index (χ4n) is 9.06. The lowest BCUT2D eigenvalue weighted by Crippen LogP contribution is -2.30. The topological polar surface area (TPSA) is 78.9 Å². The second-order valence-corrected chi connectivity index (χ2v) is 21.6. The van der Waals surface area contributed by atoms with Crippen molar-refractivity contribution in [2.75, 3.05) is 13.2 Å². The Morgan fingerprint density at radius 3 is 0.795 bits per heavy atom. The predicted molar refractivity (Wildman–Crippen MR) is 339 cm³/mol. The predicted octanol–water partition coefficient (Wildman–Crippen LogP) is 22.6. The summed E-state index contributed by atoms with van der Waals surface area (Å²) in [6, 6.07) is 0. The SMILES string of the molecule is CC/C=C\C/C=C\C/C=C\C/C=C\C/C=C\C/C=C\CCCCCCCCCCCCCCC(=O)OCC(COC(=O)CCCCCCC/C=C\CCCCCC)OC(=O)CCCCCCC/C=C\C/C=C\CCCCCC. The summed E-state index contributed by atoms with van der Waals surface area (Å²) in [5.74, 6) is -0.903. The van der Waals surface area contributed by atoms with Crippen LogP contribution in [-0.2, 0) is 28.6 Å². The highest BCUT2D eigenvalue weighted by molar-refractivity contribution is 5.71. The third-order valence-electron chi connectivity index (χ3n) is 14.0. The van der Waals surface area contributed by atoms with Crippen LogP contribution in [0.3, 0.4) is 0 Å². The molecule has 0 radical (unpaired) electrons. The number of hydrogen-bond acceptors (Lipinski definition) is 6. The van der Waals surface area contributed by atoms with E-state index in [-0.39, 0.29) is 31.1 Å². The van der Waals surface area contributed by atoms with Gasteiger partial charge in [-0.25, -0.2) is 0 Å². The summed E-state index contributed by atoms with van der Waals surface area (Å²) in [6.07, 6.45) is 89.6. The average Bonchev–Trinajstić information content (AvgIpc) is 3.44. The van der Waals surface area contributed by atoms with Gasteiger partial charge in [-0.3, -0.25) is 14.4 Å². The molecule has 0 spiro atoms. The Bertz CT molecular complexity index is 1570. The van der Waals surface area contributed by atoms with Crippen molar-refractivity contribution in [1.29, 1.82) is 0 Å². The van der Waals surface area contributed by atoms with Crippen molar-refractivity contribution in [1.82, 2.24) is 0 Å². The molecule has 0 aliphatic rings. The lowest BCUT2D eigenvalue weighted by Gasteiger charge is -2.18. The first kappa shape index (κ1) is 74.1. The van der Waals surface area contributed by atoms with Crippen molar-refractivity contribution in [3.63, 3.8) is 0 Å². The molecule has 1 atom stereocenters. The molecule has 0 saturated carbocycles. The number of allylic oxidation sites excluding steroid dienone is 18. The lowest BCUT2D eigenvalue weighted by molar-refractivity contribution is -0.167. The summed E-state index contributed by atoms with van der Waals surface area (Å²) in [4.78, 5) is 38.3. The van der Waals surface area contributed by atoms with E-state index in [0.29, 0.717) is 19.3 Å². The van der Waals surface area contributed by atoms with Crippen molar-refractivity contribution >= 4 is 17.9 Å². The first-order valence-electron chi connectivity index (χ1n) is 32.9. The van der Waals surface area contributed by atoms with Crippen LogP contribution >= 0.6 is 0 Å².